The second-order valence-corrected chi connectivity index (χ2v) is 37.0. The molecule has 1 amide bonds. The molecule has 4 saturated heterocycles. The lowest BCUT2D eigenvalue weighted by Gasteiger charge is -2.30. The van der Waals surface area contributed by atoms with Crippen LogP contribution in [0.1, 0.15) is 138 Å². The zero-order valence-electron chi connectivity index (χ0n) is 83.1. The Bertz CT molecular complexity index is 7020. The third-order valence-corrected chi connectivity index (χ3v) is 27.2. The summed E-state index contributed by atoms with van der Waals surface area (Å²) in [6, 6.07) is 77.2. The maximum absolute atomic E-state index is 13.5. The number of rotatable bonds is 29. The van der Waals surface area contributed by atoms with E-state index in [1.54, 1.807) is 46.1 Å². The summed E-state index contributed by atoms with van der Waals surface area (Å²) in [5.74, 6) is 3.67. The molecule has 144 heavy (non-hydrogen) atoms. The minimum Gasteiger partial charge on any atom is -0.497 e. The van der Waals surface area contributed by atoms with Gasteiger partial charge in [-0.2, -0.15) is 15.3 Å². The number of pyridine rings is 4. The van der Waals surface area contributed by atoms with Crippen LogP contribution in [0, 0.1) is 0 Å². The van der Waals surface area contributed by atoms with Gasteiger partial charge >= 0.3 is 6.09 Å². The summed E-state index contributed by atoms with van der Waals surface area (Å²) < 4.78 is 33.4. The van der Waals surface area contributed by atoms with E-state index in [1.807, 2.05) is 247 Å². The van der Waals surface area contributed by atoms with Gasteiger partial charge in [0.1, 0.15) is 64.5 Å². The number of nitrogens with two attached hydrogens (primary N) is 1. The van der Waals surface area contributed by atoms with Crippen LogP contribution in [0.2, 0.25) is 0 Å². The zero-order valence-corrected chi connectivity index (χ0v) is 83.1. The molecule has 4 aliphatic heterocycles. The van der Waals surface area contributed by atoms with Gasteiger partial charge in [-0.3, -0.25) is 53.9 Å². The zero-order chi connectivity index (χ0) is 100.0. The van der Waals surface area contributed by atoms with Crippen molar-refractivity contribution < 1.29 is 47.3 Å². The smallest absolute Gasteiger partial charge is 0.404 e. The molecule has 0 saturated carbocycles. The fourth-order valence-electron chi connectivity index (χ4n) is 20.1. The molecule has 0 bridgehead atoms. The van der Waals surface area contributed by atoms with Gasteiger partial charge < -0.3 is 53.5 Å². The largest absolute Gasteiger partial charge is 0.497 e. The summed E-state index contributed by atoms with van der Waals surface area (Å²) in [4.78, 5) is 104. The third kappa shape index (κ3) is 24.2. The average molecular weight is 1940 g/mol. The first-order valence-electron chi connectivity index (χ1n) is 49.7. The van der Waals surface area contributed by atoms with Crippen LogP contribution in [0.25, 0.3) is 72.1 Å². The van der Waals surface area contributed by atoms with Crippen LogP contribution in [0.3, 0.4) is 0 Å². The molecule has 0 aliphatic carbocycles. The monoisotopic (exact) mass is 1930 g/mol. The van der Waals surface area contributed by atoms with Gasteiger partial charge in [-0.15, -0.1) is 0 Å². The number of anilines is 4. The predicted octanol–water partition coefficient (Wildman–Crippen LogP) is 18.9. The van der Waals surface area contributed by atoms with Gasteiger partial charge in [-0.25, -0.2) is 23.8 Å². The maximum Gasteiger partial charge on any atom is 0.404 e. The van der Waals surface area contributed by atoms with E-state index in [0.29, 0.717) is 42.7 Å². The first kappa shape index (κ1) is 100. The van der Waals surface area contributed by atoms with E-state index < -0.39 is 18.2 Å². The number of fused-ring (bicyclic) bond motifs is 4. The Morgan fingerprint density at radius 1 is 0.389 bits per heavy atom. The van der Waals surface area contributed by atoms with E-state index in [1.165, 1.54) is 23.6 Å². The van der Waals surface area contributed by atoms with Gasteiger partial charge in [0.15, 0.2) is 17.3 Å². The molecule has 2 N–H and O–H groups in total. The molecule has 30 nitrogen and oxygen atoms in total. The molecule has 20 rings (SSSR count). The van der Waals surface area contributed by atoms with Crippen molar-refractivity contribution in [1.29, 1.82) is 0 Å². The standard InChI is InChI=1S/C30H33N5O3.C29H32N4O2.C28H32N6O3.C27H29N5O2/c1-22(36)11-13-26(37)29(25-15-19-35(32-25)24-9-4-3-5-10-24)33-17-7-18-34(21-20-33)30-27(38-2)14-12-23-8-6-16-31-28(23)30;1-20(2)24-17-23-11-7-12-30-27(23)26(18-24)32-13-8-14-33(16-15-32)28(21(3)34)25-19-35-29(31-25)22-9-5-4-6-10-22;1-36-25-11-10-21-7-5-14-30-26(21)27(25)33-16-6-15-32(18-19-33)24(13-20-37-28(29)35)23-12-17-34(31-23)22-8-3-2-4-9-22;1-20(33)27(24-11-15-32(29-24)22-9-4-3-5-10-22)31-14-7-13-30(16-17-31)25-19-23(34-2)18-21-8-6-12-28-26(21)25/h3-6,8-10,12,14-16,19,29H,7,11,13,17-18,20-21H2,1-2H3;4-7,9-12,17-20,28H,8,13-16H2,1-3H3;2-5,7-12,14,17,24H,6,13,15-16,18-20H2,1H3,(H2,29,35);3-6,8-12,15,18-19,27H,7,13-14,16-17H2,1-2H3. The highest BCUT2D eigenvalue weighted by molar-refractivity contribution is 5.97. The lowest BCUT2D eigenvalue weighted by atomic mass is 9.99. The summed E-state index contributed by atoms with van der Waals surface area (Å²) in [7, 11) is 5.08. The number of amides is 1. The van der Waals surface area contributed by atoms with Crippen LogP contribution in [0.15, 0.2) is 291 Å². The first-order chi connectivity index (χ1) is 70.3. The van der Waals surface area contributed by atoms with Crippen LogP contribution < -0.4 is 39.5 Å². The highest BCUT2D eigenvalue weighted by Crippen LogP contribution is 2.42. The van der Waals surface area contributed by atoms with Crippen molar-refractivity contribution in [2.75, 3.05) is 152 Å². The number of para-hydroxylation sites is 3. The van der Waals surface area contributed by atoms with Crippen molar-refractivity contribution in [1.82, 2.24) is 73.9 Å². The molecule has 8 aromatic carbocycles. The van der Waals surface area contributed by atoms with Gasteiger partial charge in [0.05, 0.1) is 102 Å². The Morgan fingerprint density at radius 3 is 1.28 bits per heavy atom. The van der Waals surface area contributed by atoms with Crippen LogP contribution in [0.4, 0.5) is 27.5 Å². The average Bonchev–Trinajstić information content (AvgIpc) is 0.884. The lowest BCUT2D eigenvalue weighted by molar-refractivity contribution is -0.127. The van der Waals surface area contributed by atoms with Crippen LogP contribution in [-0.4, -0.2) is 236 Å². The topological polar surface area (TPSA) is 305 Å². The van der Waals surface area contributed by atoms with E-state index in [-0.39, 0.29) is 54.7 Å². The molecule has 0 spiro atoms. The molecule has 4 fully saturated rings. The molecular weight excluding hydrogens is 1810 g/mol. The second-order valence-electron chi connectivity index (χ2n) is 37.0. The number of ketones is 4. The van der Waals surface area contributed by atoms with Crippen molar-refractivity contribution in [3.63, 3.8) is 0 Å². The van der Waals surface area contributed by atoms with Gasteiger partial charge in [0.2, 0.25) is 5.89 Å². The minimum atomic E-state index is -0.758. The molecule has 742 valence electrons. The Kier molecular flexibility index (Phi) is 33.3. The van der Waals surface area contributed by atoms with Gasteiger partial charge in [-0.05, 0) is 191 Å². The Hall–Kier alpha value is -15.4. The van der Waals surface area contributed by atoms with Crippen LogP contribution >= 0.6 is 0 Å². The van der Waals surface area contributed by atoms with E-state index >= 15 is 0 Å². The van der Waals surface area contributed by atoms with Crippen molar-refractivity contribution in [2.45, 2.75) is 110 Å². The number of hydrogen-bond acceptors (Lipinski definition) is 26. The number of carbonyl (C=O) groups excluding carboxylic acids is 5. The molecule has 16 aromatic rings. The summed E-state index contributed by atoms with van der Waals surface area (Å²) >= 11 is 0. The summed E-state index contributed by atoms with van der Waals surface area (Å²) in [5, 5.41) is 18.8. The number of primary amides is 1. The second kappa shape index (κ2) is 47.9. The van der Waals surface area contributed by atoms with E-state index in [9.17, 15) is 24.0 Å². The van der Waals surface area contributed by atoms with Crippen LogP contribution in [-0.2, 0) is 23.9 Å². The van der Waals surface area contributed by atoms with Gasteiger partial charge in [0.25, 0.3) is 0 Å². The van der Waals surface area contributed by atoms with E-state index in [4.69, 9.17) is 54.4 Å². The number of nitrogens with zero attached hydrogens (tertiary/aromatic N) is 19. The van der Waals surface area contributed by atoms with Crippen molar-refractivity contribution in [3.8, 4) is 45.8 Å². The maximum atomic E-state index is 13.5. The summed E-state index contributed by atoms with van der Waals surface area (Å²) in [6.45, 7) is 22.4. The molecule has 30 heteroatoms. The van der Waals surface area contributed by atoms with E-state index in [2.05, 4.69) is 110 Å². The Labute approximate surface area is 840 Å². The highest BCUT2D eigenvalue weighted by Gasteiger charge is 2.37. The number of carbonyl (C=O) groups is 5. The number of Topliss-reactive ketones (excluding diaryl/α,β-unsaturated/α-hetero) is 4. The summed E-state index contributed by atoms with van der Waals surface area (Å²) in [6.07, 6.45) is 18.8. The van der Waals surface area contributed by atoms with Gasteiger partial charge in [-0.1, -0.05) is 111 Å². The molecule has 12 heterocycles. The lowest BCUT2D eigenvalue weighted by Crippen LogP contribution is -2.38. The van der Waals surface area contributed by atoms with Crippen molar-refractivity contribution in [2.24, 2.45) is 5.73 Å². The minimum absolute atomic E-state index is 0.0169. The molecule has 8 aromatic heterocycles. The quantitative estimate of drug-likeness (QED) is 0.0455. The normalized spacial score (nSPS) is 15.6. The van der Waals surface area contributed by atoms with Crippen molar-refractivity contribution >= 4 is 95.6 Å². The number of aromatic nitrogens is 11. The molecule has 0 radical (unpaired) electrons. The molecule has 4 aliphatic rings. The number of hydrogen-bond donors (Lipinski definition) is 1. The summed E-state index contributed by atoms with van der Waals surface area (Å²) in [5.41, 5.74) is 21.6. The van der Waals surface area contributed by atoms with E-state index in [0.717, 1.165) is 224 Å². The Balaban J connectivity index is 0.000000132. The van der Waals surface area contributed by atoms with Crippen molar-refractivity contribution in [3.05, 3.63) is 315 Å². The molecular formula is C114H126N20O10. The number of ether oxygens (including phenoxy) is 4. The predicted molar refractivity (Wildman–Crippen MR) is 564 cm³/mol. The molecule has 4 atom stereocenters. The SMILES string of the molecule is CC(=O)C(c1coc(-c2ccccc2)n1)N1CCCN(c2cc(C(C)C)cc3cccnc23)CC1.COc1cc(N2CCCN(C(C(C)=O)c3ccn(-c4ccccc4)n3)CC2)c2ncccc2c1.COc1ccc2cccnc2c1N1CCCN(C(C(=O)CCC(C)=O)c2ccn(-c3ccccc3)n2)CC1.COc1ccc2cccnc2c1N1CCCN(C(CCOC(N)=O)c2ccn(-c3ccccc3)n2)CC1. The highest BCUT2D eigenvalue weighted by atomic mass is 16.5. The number of oxazole rings is 1. The fraction of sp³-hybridized carbons (Fsp3) is 0.325. The fourth-order valence-corrected chi connectivity index (χ4v) is 20.1. The first-order valence-corrected chi connectivity index (χ1v) is 49.7. The number of methoxy groups -OCH3 is 3. The van der Waals surface area contributed by atoms with Crippen LogP contribution in [0.5, 0.6) is 17.2 Å². The third-order valence-electron chi connectivity index (χ3n) is 27.2. The molecule has 4 unspecified atom stereocenters. The Morgan fingerprint density at radius 2 is 0.806 bits per heavy atom. The van der Waals surface area contributed by atoms with Gasteiger partial charge in [0, 0.05) is 201 Å². The number of benzene rings is 8.